The minimum absolute atomic E-state index is 0.0231. The van der Waals surface area contributed by atoms with Crippen molar-refractivity contribution in [2.75, 3.05) is 34.7 Å². The number of likely N-dealkylation sites (N-methyl/N-ethyl adjacent to an activating group) is 3. The molecule has 0 saturated carbocycles. The SMILES string of the molecule is CC.CCC.CCC(C)[C@@H](C(C)O)N(C)C.CNC(C=O)C(C)C.CNCC=O. The van der Waals surface area contributed by atoms with Gasteiger partial charge in [0.25, 0.3) is 0 Å². The van der Waals surface area contributed by atoms with Crippen LogP contribution in [0.25, 0.3) is 0 Å². The number of carbonyl (C=O) groups is 2. The normalized spacial score (nSPS) is 13.5. The molecule has 3 N–H and O–H groups in total. The second kappa shape index (κ2) is 31.9. The van der Waals surface area contributed by atoms with Crippen LogP contribution in [0.3, 0.4) is 0 Å². The number of rotatable bonds is 9. The molecule has 6 heteroatoms. The molecule has 0 aromatic heterocycles. The molecule has 0 aliphatic rings. The van der Waals surface area contributed by atoms with E-state index in [0.29, 0.717) is 24.4 Å². The van der Waals surface area contributed by atoms with E-state index in [2.05, 4.69) is 43.2 Å². The van der Waals surface area contributed by atoms with Crippen molar-refractivity contribution in [1.29, 1.82) is 0 Å². The fourth-order valence-electron chi connectivity index (χ4n) is 2.30. The minimum Gasteiger partial charge on any atom is -0.392 e. The number of carbonyl (C=O) groups excluding carboxylic acids is 2. The van der Waals surface area contributed by atoms with Crippen molar-refractivity contribution in [1.82, 2.24) is 15.5 Å². The van der Waals surface area contributed by atoms with Crippen molar-refractivity contribution in [2.45, 2.75) is 93.3 Å². The predicted octanol–water partition coefficient (Wildman–Crippen LogP) is 3.62. The highest BCUT2D eigenvalue weighted by Crippen LogP contribution is 2.15. The molecule has 0 rings (SSSR count). The van der Waals surface area contributed by atoms with Gasteiger partial charge in [0.15, 0.2) is 0 Å². The zero-order chi connectivity index (χ0) is 24.4. The molecule has 0 spiro atoms. The van der Waals surface area contributed by atoms with Gasteiger partial charge in [0.05, 0.1) is 18.7 Å². The van der Waals surface area contributed by atoms with Gasteiger partial charge in [-0.3, -0.25) is 0 Å². The molecule has 0 saturated heterocycles. The molecule has 0 amide bonds. The third kappa shape index (κ3) is 32.1. The van der Waals surface area contributed by atoms with Crippen molar-refractivity contribution >= 4 is 12.6 Å². The zero-order valence-electron chi connectivity index (χ0n) is 21.9. The molecular formula is C23H55N3O3. The third-order valence-corrected chi connectivity index (χ3v) is 3.80. The van der Waals surface area contributed by atoms with Gasteiger partial charge in [-0.05, 0) is 47.0 Å². The van der Waals surface area contributed by atoms with Crippen LogP contribution in [-0.4, -0.2) is 75.5 Å². The molecule has 0 radical (unpaired) electrons. The summed E-state index contributed by atoms with van der Waals surface area (Å²) in [6.07, 6.45) is 3.89. The monoisotopic (exact) mass is 421 g/mol. The van der Waals surface area contributed by atoms with Crippen molar-refractivity contribution in [3.8, 4) is 0 Å². The molecule has 0 fully saturated rings. The summed E-state index contributed by atoms with van der Waals surface area (Å²) in [6, 6.07) is 0.315. The molecule has 0 aromatic carbocycles. The topological polar surface area (TPSA) is 81.7 Å². The van der Waals surface area contributed by atoms with Crippen LogP contribution in [0.4, 0.5) is 0 Å². The minimum atomic E-state index is -0.236. The van der Waals surface area contributed by atoms with Gasteiger partial charge in [0.1, 0.15) is 12.6 Å². The standard InChI is InChI=1S/C9H21NO.C6H13NO.C3H7NO.C3H8.C2H6/c1-6-7(2)9(8(3)11)10(4)5;1-5(2)6(4-8)7-3;1-4-2-3-5;1-3-2;1-2/h7-9,11H,6H2,1-5H3;4-7H,1-3H3;3-4H,2H2,1H3;3H2,1-2H3;1-2H3/t7?,8?,9-;;;;/m0..../s1. The molecule has 0 aliphatic carbocycles. The molecule has 6 nitrogen and oxygen atoms in total. The fourth-order valence-corrected chi connectivity index (χ4v) is 2.30. The number of hydrogen-bond donors (Lipinski definition) is 3. The van der Waals surface area contributed by atoms with E-state index in [-0.39, 0.29) is 12.1 Å². The van der Waals surface area contributed by atoms with Crippen LogP contribution in [0.15, 0.2) is 0 Å². The number of aliphatic hydroxyl groups excluding tert-OH is 1. The highest BCUT2D eigenvalue weighted by Gasteiger charge is 2.22. The summed E-state index contributed by atoms with van der Waals surface area (Å²) in [7, 11) is 7.56. The number of aliphatic hydroxyl groups is 1. The Hall–Kier alpha value is -0.820. The van der Waals surface area contributed by atoms with E-state index in [1.165, 1.54) is 6.42 Å². The number of nitrogens with zero attached hydrogens (tertiary/aromatic N) is 1. The van der Waals surface area contributed by atoms with Gasteiger partial charge in [-0.25, -0.2) is 0 Å². The molecule has 0 bridgehead atoms. The van der Waals surface area contributed by atoms with E-state index >= 15 is 0 Å². The van der Waals surface area contributed by atoms with Gasteiger partial charge in [0.2, 0.25) is 0 Å². The molecule has 4 atom stereocenters. The van der Waals surface area contributed by atoms with E-state index in [1.807, 2.05) is 48.7 Å². The summed E-state index contributed by atoms with van der Waals surface area (Å²) in [4.78, 5) is 21.6. The maximum atomic E-state index is 10.1. The first kappa shape index (κ1) is 38.7. The van der Waals surface area contributed by atoms with E-state index in [4.69, 9.17) is 0 Å². The number of nitrogens with one attached hydrogen (secondary N) is 2. The Labute approximate surface area is 183 Å². The largest absolute Gasteiger partial charge is 0.392 e. The second-order valence-electron chi connectivity index (χ2n) is 7.21. The Morgan fingerprint density at radius 3 is 1.41 bits per heavy atom. The van der Waals surface area contributed by atoms with Crippen LogP contribution in [-0.2, 0) is 9.59 Å². The van der Waals surface area contributed by atoms with E-state index in [9.17, 15) is 14.7 Å². The summed E-state index contributed by atoms with van der Waals surface area (Å²) in [6.45, 7) is 18.9. The molecule has 3 unspecified atom stereocenters. The first-order valence-electron chi connectivity index (χ1n) is 11.1. The van der Waals surface area contributed by atoms with Gasteiger partial charge in [-0.15, -0.1) is 0 Å². The lowest BCUT2D eigenvalue weighted by Gasteiger charge is -2.31. The number of hydrogen-bond acceptors (Lipinski definition) is 6. The Morgan fingerprint density at radius 1 is 0.966 bits per heavy atom. The van der Waals surface area contributed by atoms with E-state index < -0.39 is 0 Å². The molecular weight excluding hydrogens is 366 g/mol. The average molecular weight is 422 g/mol. The molecule has 180 valence electrons. The Balaban J connectivity index is -0.0000000936. The predicted molar refractivity (Wildman–Crippen MR) is 130 cm³/mol. The summed E-state index contributed by atoms with van der Waals surface area (Å²) in [5.74, 6) is 0.961. The smallest absolute Gasteiger partial charge is 0.137 e. The molecule has 0 aromatic rings. The lowest BCUT2D eigenvalue weighted by Crippen LogP contribution is -2.42. The van der Waals surface area contributed by atoms with Gasteiger partial charge in [-0.2, -0.15) is 0 Å². The third-order valence-electron chi connectivity index (χ3n) is 3.80. The Bertz CT molecular complexity index is 291. The molecule has 0 heterocycles. The maximum Gasteiger partial charge on any atom is 0.137 e. The first-order chi connectivity index (χ1) is 13.5. The van der Waals surface area contributed by atoms with Crippen molar-refractivity contribution in [2.24, 2.45) is 11.8 Å². The van der Waals surface area contributed by atoms with Crippen LogP contribution in [0.1, 0.15) is 75.2 Å². The summed E-state index contributed by atoms with van der Waals surface area (Å²) in [5, 5.41) is 15.0. The molecule has 29 heavy (non-hydrogen) atoms. The van der Waals surface area contributed by atoms with Crippen molar-refractivity contribution in [3.63, 3.8) is 0 Å². The quantitative estimate of drug-likeness (QED) is 0.493. The van der Waals surface area contributed by atoms with Crippen LogP contribution in [0, 0.1) is 11.8 Å². The lowest BCUT2D eigenvalue weighted by atomic mass is 9.94. The highest BCUT2D eigenvalue weighted by molar-refractivity contribution is 5.57. The van der Waals surface area contributed by atoms with Crippen LogP contribution in [0.2, 0.25) is 0 Å². The Kier molecular flexibility index (Phi) is 42.6. The summed E-state index contributed by atoms with van der Waals surface area (Å²) in [5.41, 5.74) is 0. The summed E-state index contributed by atoms with van der Waals surface area (Å²) < 4.78 is 0. The Morgan fingerprint density at radius 2 is 1.38 bits per heavy atom. The summed E-state index contributed by atoms with van der Waals surface area (Å²) >= 11 is 0. The van der Waals surface area contributed by atoms with Crippen molar-refractivity contribution in [3.05, 3.63) is 0 Å². The fraction of sp³-hybridized carbons (Fsp3) is 0.913. The van der Waals surface area contributed by atoms with E-state index in [0.717, 1.165) is 19.0 Å². The van der Waals surface area contributed by atoms with Crippen LogP contribution < -0.4 is 10.6 Å². The second-order valence-corrected chi connectivity index (χ2v) is 7.21. The average Bonchev–Trinajstić information content (AvgIpc) is 2.65. The van der Waals surface area contributed by atoms with Gasteiger partial charge >= 0.3 is 0 Å². The maximum absolute atomic E-state index is 10.1. The zero-order valence-corrected chi connectivity index (χ0v) is 21.9. The van der Waals surface area contributed by atoms with Gasteiger partial charge in [-0.1, -0.05) is 68.2 Å². The van der Waals surface area contributed by atoms with Crippen LogP contribution in [0.5, 0.6) is 0 Å². The van der Waals surface area contributed by atoms with E-state index in [1.54, 1.807) is 14.1 Å². The first-order valence-corrected chi connectivity index (χ1v) is 11.1. The van der Waals surface area contributed by atoms with Crippen LogP contribution >= 0.6 is 0 Å². The highest BCUT2D eigenvalue weighted by atomic mass is 16.3. The number of aldehydes is 2. The van der Waals surface area contributed by atoms with Gasteiger partial charge < -0.3 is 30.2 Å². The molecule has 0 aliphatic heterocycles. The van der Waals surface area contributed by atoms with Gasteiger partial charge in [0, 0.05) is 6.04 Å². The lowest BCUT2D eigenvalue weighted by molar-refractivity contribution is -0.110. The van der Waals surface area contributed by atoms with Crippen molar-refractivity contribution < 1.29 is 14.7 Å².